The van der Waals surface area contributed by atoms with E-state index in [1.807, 2.05) is 16.8 Å². The van der Waals surface area contributed by atoms with Gasteiger partial charge in [0.05, 0.1) is 30.9 Å². The Bertz CT molecular complexity index is 1240. The highest BCUT2D eigenvalue weighted by molar-refractivity contribution is 7.99. The van der Waals surface area contributed by atoms with Crippen LogP contribution in [0.5, 0.6) is 0 Å². The number of aryl methyl sites for hydroxylation is 1. The van der Waals surface area contributed by atoms with E-state index in [9.17, 15) is 4.39 Å². The molecule has 0 bridgehead atoms. The first-order valence-electron chi connectivity index (χ1n) is 12.6. The van der Waals surface area contributed by atoms with Crippen LogP contribution in [0.2, 0.25) is 0 Å². The lowest BCUT2D eigenvalue weighted by molar-refractivity contribution is 0.0155. The van der Waals surface area contributed by atoms with E-state index in [4.69, 9.17) is 25.5 Å². The molecule has 2 saturated carbocycles. The number of aliphatic hydroxyl groups excluding tert-OH is 1. The average Bonchev–Trinajstić information content (AvgIpc) is 3.39. The summed E-state index contributed by atoms with van der Waals surface area (Å²) < 4.78 is 21.4. The van der Waals surface area contributed by atoms with Crippen molar-refractivity contribution in [2.24, 2.45) is 5.73 Å². The molecule has 3 aromatic rings. The van der Waals surface area contributed by atoms with E-state index in [2.05, 4.69) is 29.5 Å². The Labute approximate surface area is 214 Å². The van der Waals surface area contributed by atoms with Gasteiger partial charge in [0.2, 0.25) is 0 Å². The predicted molar refractivity (Wildman–Crippen MR) is 138 cm³/mol. The van der Waals surface area contributed by atoms with E-state index in [1.165, 1.54) is 6.07 Å². The summed E-state index contributed by atoms with van der Waals surface area (Å²) in [4.78, 5) is 9.64. The molecule has 11 heteroatoms. The summed E-state index contributed by atoms with van der Waals surface area (Å²) in [6.45, 7) is 6.21. The van der Waals surface area contributed by atoms with Crippen LogP contribution in [0.1, 0.15) is 56.6 Å². The van der Waals surface area contributed by atoms with E-state index in [0.29, 0.717) is 33.6 Å². The van der Waals surface area contributed by atoms with Crippen molar-refractivity contribution in [2.75, 3.05) is 24.3 Å². The van der Waals surface area contributed by atoms with Crippen molar-refractivity contribution in [3.05, 3.63) is 35.1 Å². The van der Waals surface area contributed by atoms with Crippen molar-refractivity contribution in [1.29, 1.82) is 0 Å². The number of hydrogen-bond donors (Lipinski definition) is 3. The largest absolute Gasteiger partial charge is 0.394 e. The molecule has 2 aliphatic carbocycles. The molecule has 4 N–H and O–H groups in total. The number of nitrogens with one attached hydrogen (secondary N) is 1. The summed E-state index contributed by atoms with van der Waals surface area (Å²) in [6, 6.07) is 5.19. The van der Waals surface area contributed by atoms with E-state index < -0.39 is 5.54 Å². The Morgan fingerprint density at radius 1 is 1.36 bits per heavy atom. The van der Waals surface area contributed by atoms with Crippen LogP contribution < -0.4 is 11.1 Å². The van der Waals surface area contributed by atoms with Gasteiger partial charge in [0.1, 0.15) is 5.82 Å². The minimum Gasteiger partial charge on any atom is -0.394 e. The third kappa shape index (κ3) is 4.69. The molecule has 2 aromatic heterocycles. The monoisotopic (exact) mass is 515 g/mol. The SMILES string of the molecule is CCCSc1nc(NC2CC2c2ccc(F)c(C)c2)c2nnn(C3(C)CCC(OCCO)C3N)c2n1. The number of halogens is 1. The molecule has 194 valence electrons. The van der Waals surface area contributed by atoms with Gasteiger partial charge in [-0.25, -0.2) is 19.0 Å². The highest BCUT2D eigenvalue weighted by Gasteiger charge is 2.47. The van der Waals surface area contributed by atoms with Crippen molar-refractivity contribution in [3.63, 3.8) is 0 Å². The second kappa shape index (κ2) is 10.2. The quantitative estimate of drug-likeness (QED) is 0.275. The Morgan fingerprint density at radius 3 is 2.94 bits per heavy atom. The number of thioether (sulfide) groups is 1. The molecule has 0 radical (unpaired) electrons. The molecule has 2 aliphatic rings. The predicted octanol–water partition coefficient (Wildman–Crippen LogP) is 3.35. The minimum absolute atomic E-state index is 0.0356. The van der Waals surface area contributed by atoms with Gasteiger partial charge in [-0.3, -0.25) is 0 Å². The number of nitrogens with zero attached hydrogens (tertiary/aromatic N) is 5. The number of benzene rings is 1. The third-order valence-corrected chi connectivity index (χ3v) is 8.45. The van der Waals surface area contributed by atoms with E-state index in [-0.39, 0.29) is 37.2 Å². The fourth-order valence-corrected chi connectivity index (χ4v) is 5.81. The standard InChI is InChI=1S/C25H34FN7O2S/c1-4-11-36-24-29-22(28-18-13-16(18)15-5-6-17(26)14(2)12-15)20-23(30-24)33(32-31-20)25(3)8-7-19(21(25)27)35-10-9-34/h5-6,12,16,18-19,21,34H,4,7-11,13,27H2,1-3H3,(H,28,29,30). The van der Waals surface area contributed by atoms with Gasteiger partial charge in [0, 0.05) is 17.7 Å². The Balaban J connectivity index is 1.45. The number of ether oxygens (including phenoxy) is 1. The fourth-order valence-electron chi connectivity index (χ4n) is 5.11. The molecule has 0 spiro atoms. The molecule has 2 fully saturated rings. The molecule has 5 atom stereocenters. The molecule has 2 heterocycles. The van der Waals surface area contributed by atoms with Crippen LogP contribution in [0.4, 0.5) is 10.2 Å². The van der Waals surface area contributed by atoms with Crippen molar-refractivity contribution >= 4 is 28.7 Å². The zero-order chi connectivity index (χ0) is 25.4. The van der Waals surface area contributed by atoms with Crippen LogP contribution in [0.15, 0.2) is 23.4 Å². The second-order valence-corrected chi connectivity index (χ2v) is 11.1. The van der Waals surface area contributed by atoms with Crippen LogP contribution in [0.25, 0.3) is 11.2 Å². The molecule has 9 nitrogen and oxygen atoms in total. The van der Waals surface area contributed by atoms with E-state index in [1.54, 1.807) is 18.7 Å². The number of nitrogens with two attached hydrogens (primary N) is 1. The maximum absolute atomic E-state index is 13.7. The van der Waals surface area contributed by atoms with Crippen LogP contribution in [0, 0.1) is 12.7 Å². The average molecular weight is 516 g/mol. The Kier molecular flexibility index (Phi) is 7.17. The number of aliphatic hydroxyl groups is 1. The summed E-state index contributed by atoms with van der Waals surface area (Å²) in [6.07, 6.45) is 3.32. The zero-order valence-corrected chi connectivity index (χ0v) is 21.8. The lowest BCUT2D eigenvalue weighted by atomic mass is 9.96. The summed E-state index contributed by atoms with van der Waals surface area (Å²) in [5, 5.41) is 22.4. The van der Waals surface area contributed by atoms with Gasteiger partial charge in [-0.05, 0) is 56.7 Å². The fraction of sp³-hybridized carbons (Fsp3) is 0.600. The molecular weight excluding hydrogens is 481 g/mol. The topological polar surface area (TPSA) is 124 Å². The van der Waals surface area contributed by atoms with Gasteiger partial charge in [-0.2, -0.15) is 0 Å². The van der Waals surface area contributed by atoms with Crippen molar-refractivity contribution < 1.29 is 14.2 Å². The summed E-state index contributed by atoms with van der Waals surface area (Å²) in [5.74, 6) is 1.68. The molecule has 0 aliphatic heterocycles. The van der Waals surface area contributed by atoms with Crippen LogP contribution in [-0.2, 0) is 10.3 Å². The molecule has 1 aromatic carbocycles. The van der Waals surface area contributed by atoms with Crippen LogP contribution in [-0.4, -0.2) is 67.2 Å². The van der Waals surface area contributed by atoms with Gasteiger partial charge in [0.15, 0.2) is 22.1 Å². The minimum atomic E-state index is -0.527. The smallest absolute Gasteiger partial charge is 0.191 e. The van der Waals surface area contributed by atoms with Crippen LogP contribution in [0.3, 0.4) is 0 Å². The first kappa shape index (κ1) is 25.3. The lowest BCUT2D eigenvalue weighted by Gasteiger charge is -2.31. The highest BCUT2D eigenvalue weighted by Crippen LogP contribution is 2.44. The first-order valence-corrected chi connectivity index (χ1v) is 13.6. The molecule has 5 rings (SSSR count). The third-order valence-electron chi connectivity index (χ3n) is 7.40. The normalized spacial score (nSPS) is 27.6. The molecule has 5 unspecified atom stereocenters. The van der Waals surface area contributed by atoms with E-state index in [0.717, 1.165) is 37.0 Å². The molecule has 36 heavy (non-hydrogen) atoms. The Hall–Kier alpha value is -2.34. The van der Waals surface area contributed by atoms with Gasteiger partial charge in [0.25, 0.3) is 0 Å². The number of anilines is 1. The van der Waals surface area contributed by atoms with Gasteiger partial charge in [-0.1, -0.05) is 36.0 Å². The van der Waals surface area contributed by atoms with Crippen molar-refractivity contribution in [1.82, 2.24) is 25.0 Å². The number of fused-ring (bicyclic) bond motifs is 1. The van der Waals surface area contributed by atoms with Gasteiger partial charge < -0.3 is 20.9 Å². The van der Waals surface area contributed by atoms with Crippen molar-refractivity contribution in [3.8, 4) is 0 Å². The van der Waals surface area contributed by atoms with Crippen LogP contribution >= 0.6 is 11.8 Å². The van der Waals surface area contributed by atoms with Gasteiger partial charge >= 0.3 is 0 Å². The summed E-state index contributed by atoms with van der Waals surface area (Å²) >= 11 is 1.61. The lowest BCUT2D eigenvalue weighted by Crippen LogP contribution is -2.49. The van der Waals surface area contributed by atoms with Gasteiger partial charge in [-0.15, -0.1) is 5.10 Å². The highest BCUT2D eigenvalue weighted by atomic mass is 32.2. The maximum Gasteiger partial charge on any atom is 0.191 e. The molecular formula is C25H34FN7O2S. The summed E-state index contributed by atoms with van der Waals surface area (Å²) in [7, 11) is 0. The number of rotatable bonds is 10. The molecule has 0 amide bonds. The summed E-state index contributed by atoms with van der Waals surface area (Å²) in [5.41, 5.74) is 9.17. The zero-order valence-electron chi connectivity index (χ0n) is 20.9. The number of aromatic nitrogens is 5. The number of hydrogen-bond acceptors (Lipinski definition) is 9. The molecule has 0 saturated heterocycles. The Morgan fingerprint density at radius 2 is 2.19 bits per heavy atom. The van der Waals surface area contributed by atoms with Crippen molar-refractivity contribution in [2.45, 2.75) is 81.3 Å². The maximum atomic E-state index is 13.7. The first-order chi connectivity index (χ1) is 17.4. The second-order valence-electron chi connectivity index (χ2n) is 10.0. The van der Waals surface area contributed by atoms with E-state index >= 15 is 0 Å².